The Labute approximate surface area is 165 Å². The Kier molecular flexibility index (Phi) is 5.39. The first-order chi connectivity index (χ1) is 13.7. The van der Waals surface area contributed by atoms with Gasteiger partial charge in [0.2, 0.25) is 17.6 Å². The topological polar surface area (TPSA) is 107 Å². The summed E-state index contributed by atoms with van der Waals surface area (Å²) in [4.78, 5) is 23.2. The van der Waals surface area contributed by atoms with Gasteiger partial charge in [0.1, 0.15) is 11.6 Å². The highest BCUT2D eigenvalue weighted by Gasteiger charge is 2.29. The quantitative estimate of drug-likeness (QED) is 0.651. The number of rotatable bonds is 6. The van der Waals surface area contributed by atoms with E-state index in [2.05, 4.69) is 30.7 Å². The minimum atomic E-state index is -3.26. The van der Waals surface area contributed by atoms with Crippen molar-refractivity contribution in [2.45, 2.75) is 19.8 Å². The number of carbonyl (C=O) groups excluding carboxylic acids is 1. The number of nitrogens with zero attached hydrogens (tertiary/aromatic N) is 5. The first kappa shape index (κ1) is 20.1. The van der Waals surface area contributed by atoms with Gasteiger partial charge in [0.05, 0.1) is 18.5 Å². The third-order valence-electron chi connectivity index (χ3n) is 3.76. The van der Waals surface area contributed by atoms with E-state index >= 15 is 0 Å². The summed E-state index contributed by atoms with van der Waals surface area (Å²) in [7, 11) is 3.09. The number of ether oxygens (including phenoxy) is 1. The van der Waals surface area contributed by atoms with E-state index in [1.807, 2.05) is 0 Å². The molecule has 3 aromatic rings. The SMILES string of the molecule is COc1cc(Nc2cc(NC(C)=O)ncc2-c2ccn(C)n2)nc(C(C)(F)F)n1. The summed E-state index contributed by atoms with van der Waals surface area (Å²) in [6, 6.07) is 4.71. The van der Waals surface area contributed by atoms with Gasteiger partial charge in [0, 0.05) is 51.0 Å². The van der Waals surface area contributed by atoms with Gasteiger partial charge in [-0.05, 0) is 6.07 Å². The fourth-order valence-electron chi connectivity index (χ4n) is 2.50. The van der Waals surface area contributed by atoms with Crippen LogP contribution in [0.3, 0.4) is 0 Å². The van der Waals surface area contributed by atoms with E-state index in [0.717, 1.165) is 0 Å². The number of pyridine rings is 1. The molecule has 3 heterocycles. The van der Waals surface area contributed by atoms with Gasteiger partial charge in [-0.1, -0.05) is 0 Å². The van der Waals surface area contributed by atoms with Gasteiger partial charge < -0.3 is 15.4 Å². The Balaban J connectivity index is 2.08. The minimum absolute atomic E-state index is 0.0189. The van der Waals surface area contributed by atoms with E-state index < -0.39 is 11.7 Å². The maximum Gasteiger partial charge on any atom is 0.304 e. The molecule has 1 amide bonds. The Morgan fingerprint density at radius 1 is 1.24 bits per heavy atom. The van der Waals surface area contributed by atoms with E-state index in [4.69, 9.17) is 4.74 Å². The predicted molar refractivity (Wildman–Crippen MR) is 102 cm³/mol. The number of halogens is 2. The third kappa shape index (κ3) is 4.81. The zero-order valence-electron chi connectivity index (χ0n) is 16.2. The molecular formula is C18H19F2N7O2. The van der Waals surface area contributed by atoms with Crippen molar-refractivity contribution < 1.29 is 18.3 Å². The fraction of sp³-hybridized carbons (Fsp3) is 0.278. The van der Waals surface area contributed by atoms with E-state index in [-0.39, 0.29) is 23.4 Å². The average molecular weight is 403 g/mol. The second-order valence-electron chi connectivity index (χ2n) is 6.30. The first-order valence-electron chi connectivity index (χ1n) is 8.52. The van der Waals surface area contributed by atoms with E-state index in [0.29, 0.717) is 23.9 Å². The summed E-state index contributed by atoms with van der Waals surface area (Å²) < 4.78 is 34.2. The van der Waals surface area contributed by atoms with Crippen molar-refractivity contribution >= 4 is 23.2 Å². The number of hydrogen-bond acceptors (Lipinski definition) is 7. The van der Waals surface area contributed by atoms with Crippen molar-refractivity contribution in [1.82, 2.24) is 24.7 Å². The lowest BCUT2D eigenvalue weighted by molar-refractivity contribution is -0.114. The van der Waals surface area contributed by atoms with Gasteiger partial charge in [0.15, 0.2) is 0 Å². The maximum absolute atomic E-state index is 13.8. The molecule has 0 saturated carbocycles. The van der Waals surface area contributed by atoms with Crippen molar-refractivity contribution in [2.75, 3.05) is 17.7 Å². The zero-order chi connectivity index (χ0) is 21.2. The fourth-order valence-corrected chi connectivity index (χ4v) is 2.50. The van der Waals surface area contributed by atoms with Gasteiger partial charge in [0.25, 0.3) is 0 Å². The highest BCUT2D eigenvalue weighted by molar-refractivity contribution is 5.89. The van der Waals surface area contributed by atoms with Gasteiger partial charge >= 0.3 is 5.92 Å². The number of carbonyl (C=O) groups is 1. The van der Waals surface area contributed by atoms with Crippen molar-refractivity contribution in [2.24, 2.45) is 7.05 Å². The minimum Gasteiger partial charge on any atom is -0.481 e. The Morgan fingerprint density at radius 2 is 2.00 bits per heavy atom. The third-order valence-corrected chi connectivity index (χ3v) is 3.76. The second-order valence-corrected chi connectivity index (χ2v) is 6.30. The number of hydrogen-bond donors (Lipinski definition) is 2. The standard InChI is InChI=1S/C18H19F2N7O2/c1-10(28)22-14-7-13(11(9-21-14)12-5-6-27(3)26-12)23-15-8-16(29-4)25-17(24-15)18(2,19)20/h5-9H,1-4H3,(H2,21,22,23,24,25,28). The van der Waals surface area contributed by atoms with Crippen LogP contribution >= 0.6 is 0 Å². The van der Waals surface area contributed by atoms with Crippen molar-refractivity contribution in [3.8, 4) is 17.1 Å². The molecule has 0 atom stereocenters. The largest absolute Gasteiger partial charge is 0.481 e. The summed E-state index contributed by atoms with van der Waals surface area (Å²) in [5.41, 5.74) is 1.63. The average Bonchev–Trinajstić information content (AvgIpc) is 3.06. The van der Waals surface area contributed by atoms with Crippen molar-refractivity contribution in [3.63, 3.8) is 0 Å². The number of aryl methyl sites for hydroxylation is 1. The number of nitrogens with one attached hydrogen (secondary N) is 2. The van der Waals surface area contributed by atoms with Crippen LogP contribution < -0.4 is 15.4 Å². The molecule has 0 unspecified atom stereocenters. The number of alkyl halides is 2. The Bertz CT molecular complexity index is 1050. The van der Waals surface area contributed by atoms with Gasteiger partial charge in [-0.2, -0.15) is 18.9 Å². The maximum atomic E-state index is 13.8. The molecule has 0 fully saturated rings. The molecule has 3 aromatic heterocycles. The molecule has 0 saturated heterocycles. The van der Waals surface area contributed by atoms with Crippen molar-refractivity contribution in [3.05, 3.63) is 36.4 Å². The molecule has 152 valence electrons. The van der Waals surface area contributed by atoms with Gasteiger partial charge in [-0.15, -0.1) is 0 Å². The van der Waals surface area contributed by atoms with Crippen LogP contribution in [0.2, 0.25) is 0 Å². The monoisotopic (exact) mass is 403 g/mol. The van der Waals surface area contributed by atoms with Crippen LogP contribution in [-0.2, 0) is 17.8 Å². The van der Waals surface area contributed by atoms with Crippen LogP contribution in [0, 0.1) is 0 Å². The van der Waals surface area contributed by atoms with Crippen LogP contribution in [0.1, 0.15) is 19.7 Å². The molecule has 0 spiro atoms. The molecular weight excluding hydrogens is 384 g/mol. The molecule has 0 aliphatic rings. The summed E-state index contributed by atoms with van der Waals surface area (Å²) in [6.07, 6.45) is 3.27. The summed E-state index contributed by atoms with van der Waals surface area (Å²) in [6.45, 7) is 2.05. The predicted octanol–water partition coefficient (Wildman–Crippen LogP) is 3.09. The molecule has 0 radical (unpaired) electrons. The summed E-state index contributed by atoms with van der Waals surface area (Å²) in [5, 5.41) is 9.89. The Hall–Kier alpha value is -3.63. The lowest BCUT2D eigenvalue weighted by Crippen LogP contribution is -2.14. The van der Waals surface area contributed by atoms with Crippen LogP contribution in [-0.4, -0.2) is 37.7 Å². The van der Waals surface area contributed by atoms with Crippen molar-refractivity contribution in [1.29, 1.82) is 0 Å². The lowest BCUT2D eigenvalue weighted by atomic mass is 10.1. The molecule has 3 rings (SSSR count). The first-order valence-corrected chi connectivity index (χ1v) is 8.52. The highest BCUT2D eigenvalue weighted by atomic mass is 19.3. The highest BCUT2D eigenvalue weighted by Crippen LogP contribution is 2.32. The van der Waals surface area contributed by atoms with E-state index in [1.165, 1.54) is 26.3 Å². The van der Waals surface area contributed by atoms with Crippen LogP contribution in [0.25, 0.3) is 11.3 Å². The van der Waals surface area contributed by atoms with Crippen LogP contribution in [0.15, 0.2) is 30.6 Å². The molecule has 11 heteroatoms. The smallest absolute Gasteiger partial charge is 0.304 e. The molecule has 0 aromatic carbocycles. The molecule has 2 N–H and O–H groups in total. The number of amides is 1. The van der Waals surface area contributed by atoms with E-state index in [9.17, 15) is 13.6 Å². The van der Waals surface area contributed by atoms with Gasteiger partial charge in [-0.25, -0.2) is 9.97 Å². The second kappa shape index (κ2) is 7.78. The van der Waals surface area contributed by atoms with Crippen LogP contribution in [0.4, 0.5) is 26.1 Å². The molecule has 0 bridgehead atoms. The van der Waals surface area contributed by atoms with Crippen LogP contribution in [0.5, 0.6) is 5.88 Å². The molecule has 0 aliphatic carbocycles. The Morgan fingerprint density at radius 3 is 2.59 bits per heavy atom. The normalized spacial score (nSPS) is 11.2. The summed E-state index contributed by atoms with van der Waals surface area (Å²) in [5.74, 6) is -3.89. The lowest BCUT2D eigenvalue weighted by Gasteiger charge is -2.15. The summed E-state index contributed by atoms with van der Waals surface area (Å²) >= 11 is 0. The molecule has 9 nitrogen and oxygen atoms in total. The number of methoxy groups -OCH3 is 1. The molecule has 0 aliphatic heterocycles. The number of aromatic nitrogens is 5. The molecule has 29 heavy (non-hydrogen) atoms. The van der Waals surface area contributed by atoms with E-state index in [1.54, 1.807) is 30.1 Å². The zero-order valence-corrected chi connectivity index (χ0v) is 16.2. The number of anilines is 3. The van der Waals surface area contributed by atoms with Gasteiger partial charge in [-0.3, -0.25) is 9.48 Å².